The third-order valence-electron chi connectivity index (χ3n) is 1.70. The number of anilines is 1. The van der Waals surface area contributed by atoms with Gasteiger partial charge in [-0.25, -0.2) is 0 Å². The van der Waals surface area contributed by atoms with E-state index in [1.54, 1.807) is 0 Å². The Hall–Kier alpha value is -1.43. The van der Waals surface area contributed by atoms with Crippen LogP contribution < -0.4 is 10.1 Å². The van der Waals surface area contributed by atoms with Crippen LogP contribution in [0.2, 0.25) is 5.02 Å². The Morgan fingerprint density at radius 1 is 1.50 bits per heavy atom. The van der Waals surface area contributed by atoms with Gasteiger partial charge in [-0.05, 0) is 12.1 Å². The van der Waals surface area contributed by atoms with Crippen LogP contribution in [0.15, 0.2) is 18.2 Å². The van der Waals surface area contributed by atoms with Crippen molar-refractivity contribution < 1.29 is 22.7 Å². The summed E-state index contributed by atoms with van der Waals surface area (Å²) in [7, 11) is 1.23. The maximum absolute atomic E-state index is 12.7. The fraction of sp³-hybridized carbons (Fsp3) is 0.222. The van der Waals surface area contributed by atoms with Crippen molar-refractivity contribution >= 4 is 23.3 Å². The van der Waals surface area contributed by atoms with Gasteiger partial charge in [0.05, 0.1) is 12.8 Å². The number of alkyl halides is 2. The molecule has 1 aromatic rings. The van der Waals surface area contributed by atoms with Crippen LogP contribution in [-0.2, 0) is 4.79 Å². The van der Waals surface area contributed by atoms with Crippen molar-refractivity contribution in [2.45, 2.75) is 6.05 Å². The van der Waals surface area contributed by atoms with Gasteiger partial charge in [-0.2, -0.15) is 13.2 Å². The smallest absolute Gasteiger partial charge is 0.414 e. The molecule has 16 heavy (non-hydrogen) atoms. The summed E-state index contributed by atoms with van der Waals surface area (Å²) in [5.41, 5.74) is -0.233. The van der Waals surface area contributed by atoms with Crippen LogP contribution in [0.5, 0.6) is 5.75 Å². The van der Waals surface area contributed by atoms with Crippen LogP contribution in [0.4, 0.5) is 18.9 Å². The first kappa shape index (κ1) is 12.6. The highest BCUT2D eigenvalue weighted by molar-refractivity contribution is 6.30. The molecule has 0 spiro atoms. The lowest BCUT2D eigenvalue weighted by Crippen LogP contribution is -2.34. The molecule has 0 amide bonds. The summed E-state index contributed by atoms with van der Waals surface area (Å²) in [6, 6.07) is -3.36. The molecular formula is C9H7ClF3NO2. The van der Waals surface area contributed by atoms with Gasteiger partial charge in [-0.1, -0.05) is 11.6 Å². The Bertz CT molecular complexity index is 412. The monoisotopic (exact) mass is 253 g/mol. The predicted octanol–water partition coefficient (Wildman–Crippen LogP) is 2.85. The first-order valence-electron chi connectivity index (χ1n) is 4.06. The van der Waals surface area contributed by atoms with E-state index in [4.69, 9.17) is 16.3 Å². The predicted molar refractivity (Wildman–Crippen MR) is 52.7 cm³/mol. The van der Waals surface area contributed by atoms with E-state index < -0.39 is 12.1 Å². The van der Waals surface area contributed by atoms with Gasteiger partial charge in [0.25, 0.3) is 0 Å². The Morgan fingerprint density at radius 2 is 2.12 bits per heavy atom. The minimum Gasteiger partial charge on any atom is -0.495 e. The second kappa shape index (κ2) is 4.61. The summed E-state index contributed by atoms with van der Waals surface area (Å²) in [5.74, 6) is -0.0200. The zero-order valence-corrected chi connectivity index (χ0v) is 8.82. The number of methoxy groups -OCH3 is 1. The molecule has 0 bridgehead atoms. The highest BCUT2D eigenvalue weighted by atomic mass is 35.5. The Balaban J connectivity index is 3.01. The van der Waals surface area contributed by atoms with E-state index in [0.717, 1.165) is 6.07 Å². The maximum Gasteiger partial charge on any atom is 0.414 e. The quantitative estimate of drug-likeness (QED) is 0.662. The van der Waals surface area contributed by atoms with Gasteiger partial charge in [-0.15, -0.1) is 0 Å². The third-order valence-corrected chi connectivity index (χ3v) is 1.94. The largest absolute Gasteiger partial charge is 0.495 e. The van der Waals surface area contributed by atoms with Gasteiger partial charge in [0, 0.05) is 11.1 Å². The third kappa shape index (κ3) is 2.79. The highest BCUT2D eigenvalue weighted by Crippen LogP contribution is 2.31. The van der Waals surface area contributed by atoms with Gasteiger partial charge in [0.1, 0.15) is 5.75 Å². The lowest BCUT2D eigenvalue weighted by Gasteiger charge is -2.16. The van der Waals surface area contributed by atoms with E-state index in [0.29, 0.717) is 0 Å². The number of rotatable bonds is 4. The minimum absolute atomic E-state index is 0.0200. The van der Waals surface area contributed by atoms with Crippen molar-refractivity contribution in [1.82, 2.24) is 0 Å². The van der Waals surface area contributed by atoms with Gasteiger partial charge in [-0.3, -0.25) is 4.79 Å². The lowest BCUT2D eigenvalue weighted by atomic mass is 10.3. The highest BCUT2D eigenvalue weighted by Gasteiger charge is 2.39. The van der Waals surface area contributed by atoms with Crippen LogP contribution in [0.3, 0.4) is 0 Å². The molecule has 7 heteroatoms. The molecule has 0 aromatic heterocycles. The van der Waals surface area contributed by atoms with E-state index in [-0.39, 0.29) is 16.5 Å². The molecule has 0 radical (unpaired) electrons. The summed E-state index contributed by atoms with van der Waals surface area (Å²) in [5, 5.41) is 1.68. The molecule has 0 saturated heterocycles. The van der Waals surface area contributed by atoms with Crippen molar-refractivity contribution in [3.05, 3.63) is 23.2 Å². The molecule has 0 aliphatic heterocycles. The van der Waals surface area contributed by atoms with Crippen molar-refractivity contribution in [3.8, 4) is 5.75 Å². The topological polar surface area (TPSA) is 38.3 Å². The number of hydrogen-bond acceptors (Lipinski definition) is 3. The number of carbonyl (C=O) groups is 1. The van der Waals surface area contributed by atoms with E-state index in [9.17, 15) is 18.0 Å². The molecule has 0 saturated carbocycles. The number of halogens is 4. The standard InChI is InChI=1S/C9H7ClF3NO2/c1-16-7-4-5(10)2-3-6(7)14-9(12,13)8(11)15/h2-4,14H,1H3. The number of hydrogen-bond donors (Lipinski definition) is 1. The number of benzene rings is 1. The molecule has 1 rings (SSSR count). The van der Waals surface area contributed by atoms with E-state index in [1.165, 1.54) is 24.6 Å². The van der Waals surface area contributed by atoms with Crippen LogP contribution in [0.1, 0.15) is 0 Å². The zero-order chi connectivity index (χ0) is 12.3. The number of ether oxygens (including phenoxy) is 1. The number of carbonyl (C=O) groups excluding carboxylic acids is 1. The Labute approximate surface area is 94.2 Å². The van der Waals surface area contributed by atoms with Gasteiger partial charge in [0.2, 0.25) is 0 Å². The van der Waals surface area contributed by atoms with Crippen LogP contribution in [0.25, 0.3) is 0 Å². The molecule has 88 valence electrons. The average molecular weight is 254 g/mol. The first-order chi connectivity index (χ1) is 7.36. The second-order valence-corrected chi connectivity index (χ2v) is 3.25. The van der Waals surface area contributed by atoms with Crippen molar-refractivity contribution in [2.24, 2.45) is 0 Å². The van der Waals surface area contributed by atoms with Crippen molar-refractivity contribution in [1.29, 1.82) is 0 Å². The van der Waals surface area contributed by atoms with Crippen LogP contribution >= 0.6 is 11.6 Å². The molecule has 0 aliphatic rings. The molecular weight excluding hydrogens is 247 g/mol. The average Bonchev–Trinajstić information content (AvgIpc) is 2.20. The summed E-state index contributed by atoms with van der Waals surface area (Å²) >= 11 is 5.59. The van der Waals surface area contributed by atoms with Gasteiger partial charge >= 0.3 is 12.1 Å². The van der Waals surface area contributed by atoms with Crippen molar-refractivity contribution in [3.63, 3.8) is 0 Å². The van der Waals surface area contributed by atoms with Crippen LogP contribution in [0, 0.1) is 0 Å². The van der Waals surface area contributed by atoms with E-state index in [1.807, 2.05) is 0 Å². The molecule has 0 fully saturated rings. The lowest BCUT2D eigenvalue weighted by molar-refractivity contribution is -0.151. The van der Waals surface area contributed by atoms with Crippen molar-refractivity contribution in [2.75, 3.05) is 12.4 Å². The molecule has 0 heterocycles. The van der Waals surface area contributed by atoms with Gasteiger partial charge < -0.3 is 10.1 Å². The first-order valence-corrected chi connectivity index (χ1v) is 4.44. The molecule has 0 aliphatic carbocycles. The summed E-state index contributed by atoms with van der Waals surface area (Å²) in [6.45, 7) is 0. The Kier molecular flexibility index (Phi) is 3.64. The molecule has 1 aromatic carbocycles. The summed E-state index contributed by atoms with van der Waals surface area (Å²) in [6.07, 6.45) is 0. The number of nitrogens with one attached hydrogen (secondary N) is 1. The SMILES string of the molecule is COc1cc(Cl)ccc1NC(F)(F)C(=O)F. The van der Waals surface area contributed by atoms with E-state index in [2.05, 4.69) is 0 Å². The van der Waals surface area contributed by atoms with E-state index >= 15 is 0 Å². The Morgan fingerprint density at radius 3 is 2.62 bits per heavy atom. The second-order valence-electron chi connectivity index (χ2n) is 2.82. The molecule has 1 N–H and O–H groups in total. The molecule has 0 atom stereocenters. The summed E-state index contributed by atoms with van der Waals surface area (Å²) < 4.78 is 42.1. The maximum atomic E-state index is 12.7. The molecule has 0 unspecified atom stereocenters. The van der Waals surface area contributed by atoms with Gasteiger partial charge in [0.15, 0.2) is 0 Å². The minimum atomic E-state index is -4.29. The summed E-state index contributed by atoms with van der Waals surface area (Å²) in [4.78, 5) is 9.99. The molecule has 3 nitrogen and oxygen atoms in total. The normalized spacial score (nSPS) is 11.1. The van der Waals surface area contributed by atoms with Crippen LogP contribution in [-0.4, -0.2) is 19.2 Å². The zero-order valence-electron chi connectivity index (χ0n) is 8.06. The fourth-order valence-corrected chi connectivity index (χ4v) is 1.15. The fourth-order valence-electron chi connectivity index (χ4n) is 0.987.